The summed E-state index contributed by atoms with van der Waals surface area (Å²) in [5.74, 6) is 0. The molecule has 3 aromatic carbocycles. The van der Waals surface area contributed by atoms with E-state index in [-0.39, 0.29) is 7.92 Å². The second kappa shape index (κ2) is 8.62. The van der Waals surface area contributed by atoms with Crippen LogP contribution in [0.5, 0.6) is 0 Å². The zero-order valence-electron chi connectivity index (χ0n) is 13.2. The summed E-state index contributed by atoms with van der Waals surface area (Å²) in [4.78, 5) is 0. The minimum atomic E-state index is -0.294. The lowest BCUT2D eigenvalue weighted by Gasteiger charge is -2.19. The first-order chi connectivity index (χ1) is 11.4. The van der Waals surface area contributed by atoms with Gasteiger partial charge in [0.15, 0.2) is 0 Å². The quantitative estimate of drug-likeness (QED) is 0.514. The van der Waals surface area contributed by atoms with E-state index in [1.54, 1.807) is 0 Å². The van der Waals surface area contributed by atoms with Crippen molar-refractivity contribution in [3.05, 3.63) is 96.6 Å². The summed E-state index contributed by atoms with van der Waals surface area (Å²) in [6, 6.07) is 32.4. The zero-order valence-corrected chi connectivity index (χ0v) is 14.1. The van der Waals surface area contributed by atoms with E-state index in [0.29, 0.717) is 0 Å². The van der Waals surface area contributed by atoms with E-state index in [4.69, 9.17) is 0 Å². The van der Waals surface area contributed by atoms with Gasteiger partial charge in [-0.05, 0) is 36.8 Å². The van der Waals surface area contributed by atoms with Gasteiger partial charge in [-0.1, -0.05) is 91.0 Å². The summed E-state index contributed by atoms with van der Waals surface area (Å²) in [5.41, 5.74) is 1.34. The van der Waals surface area contributed by atoms with Gasteiger partial charge in [0.05, 0.1) is 0 Å². The van der Waals surface area contributed by atoms with Crippen LogP contribution in [0.1, 0.15) is 5.56 Å². The molecule has 0 heterocycles. The van der Waals surface area contributed by atoms with Gasteiger partial charge in [0.1, 0.15) is 0 Å². The number of hydrogen-bond acceptors (Lipinski definition) is 1. The highest BCUT2D eigenvalue weighted by Crippen LogP contribution is 2.32. The molecule has 0 unspecified atom stereocenters. The molecule has 23 heavy (non-hydrogen) atoms. The molecule has 2 heteroatoms. The number of nitrogens with one attached hydrogen (secondary N) is 1. The third-order valence-electron chi connectivity index (χ3n) is 3.82. The Balaban J connectivity index is 1.63. The van der Waals surface area contributed by atoms with Crippen molar-refractivity contribution in [2.24, 2.45) is 0 Å². The summed E-state index contributed by atoms with van der Waals surface area (Å²) in [6.07, 6.45) is 1.16. The van der Waals surface area contributed by atoms with Crippen LogP contribution in [0.4, 0.5) is 0 Å². The molecule has 116 valence electrons. The maximum absolute atomic E-state index is 3.59. The third kappa shape index (κ3) is 4.76. The molecule has 0 atom stereocenters. The van der Waals surface area contributed by atoms with E-state index in [9.17, 15) is 0 Å². The highest BCUT2D eigenvalue weighted by atomic mass is 31.1. The average Bonchev–Trinajstić information content (AvgIpc) is 2.64. The van der Waals surface area contributed by atoms with E-state index in [1.165, 1.54) is 16.2 Å². The van der Waals surface area contributed by atoms with Crippen molar-refractivity contribution in [1.82, 2.24) is 5.32 Å². The fraction of sp³-hybridized carbons (Fsp3) is 0.143. The van der Waals surface area contributed by atoms with Crippen LogP contribution in [0, 0.1) is 0 Å². The summed E-state index contributed by atoms with van der Waals surface area (Å²) < 4.78 is 0. The van der Waals surface area contributed by atoms with Crippen molar-refractivity contribution in [2.75, 3.05) is 12.7 Å². The highest BCUT2D eigenvalue weighted by molar-refractivity contribution is 7.73. The number of benzene rings is 3. The Kier molecular flexibility index (Phi) is 5.97. The summed E-state index contributed by atoms with van der Waals surface area (Å²) in [7, 11) is -0.294. The van der Waals surface area contributed by atoms with Gasteiger partial charge in [0, 0.05) is 6.54 Å². The normalized spacial score (nSPS) is 10.8. The van der Waals surface area contributed by atoms with Crippen molar-refractivity contribution >= 4 is 18.5 Å². The van der Waals surface area contributed by atoms with E-state index in [1.807, 2.05) is 0 Å². The standard InChI is InChI=1S/C21H22NP/c1-4-10-19(11-5-1)18-22-16-17-23(20-12-6-2-7-13-20)21-14-8-3-9-15-21/h1-15,22H,16-18H2. The minimum Gasteiger partial charge on any atom is -0.312 e. The first-order valence-electron chi connectivity index (χ1n) is 8.06. The average molecular weight is 319 g/mol. The van der Waals surface area contributed by atoms with Crippen molar-refractivity contribution < 1.29 is 0 Å². The second-order valence-electron chi connectivity index (χ2n) is 5.49. The Hall–Kier alpha value is -1.95. The molecule has 0 saturated heterocycles. The molecule has 3 aromatic rings. The van der Waals surface area contributed by atoms with Gasteiger partial charge >= 0.3 is 0 Å². The van der Waals surface area contributed by atoms with E-state index < -0.39 is 0 Å². The van der Waals surface area contributed by atoms with Gasteiger partial charge in [-0.15, -0.1) is 0 Å². The van der Waals surface area contributed by atoms with Gasteiger partial charge in [-0.3, -0.25) is 0 Å². The predicted octanol–water partition coefficient (Wildman–Crippen LogP) is 3.91. The van der Waals surface area contributed by atoms with Crippen LogP contribution in [0.2, 0.25) is 0 Å². The van der Waals surface area contributed by atoms with Gasteiger partial charge in [0.2, 0.25) is 0 Å². The minimum absolute atomic E-state index is 0.294. The largest absolute Gasteiger partial charge is 0.312 e. The maximum atomic E-state index is 3.59. The van der Waals surface area contributed by atoms with Crippen molar-refractivity contribution in [1.29, 1.82) is 0 Å². The number of hydrogen-bond donors (Lipinski definition) is 1. The maximum Gasteiger partial charge on any atom is 0.0205 e. The molecule has 0 aliphatic rings. The Morgan fingerprint density at radius 2 is 1.09 bits per heavy atom. The van der Waals surface area contributed by atoms with E-state index in [0.717, 1.165) is 19.3 Å². The summed E-state index contributed by atoms with van der Waals surface area (Å²) >= 11 is 0. The van der Waals surface area contributed by atoms with Gasteiger partial charge in [0.25, 0.3) is 0 Å². The van der Waals surface area contributed by atoms with Crippen molar-refractivity contribution in [2.45, 2.75) is 6.54 Å². The molecule has 0 aromatic heterocycles. The summed E-state index contributed by atoms with van der Waals surface area (Å²) in [6.45, 7) is 1.97. The third-order valence-corrected chi connectivity index (χ3v) is 6.33. The fourth-order valence-electron chi connectivity index (χ4n) is 2.64. The van der Waals surface area contributed by atoms with Crippen LogP contribution in [-0.2, 0) is 6.54 Å². The van der Waals surface area contributed by atoms with E-state index >= 15 is 0 Å². The predicted molar refractivity (Wildman–Crippen MR) is 102 cm³/mol. The molecule has 1 N–H and O–H groups in total. The van der Waals surface area contributed by atoms with Crippen LogP contribution < -0.4 is 15.9 Å². The molecule has 0 fully saturated rings. The molecule has 0 radical (unpaired) electrons. The topological polar surface area (TPSA) is 12.0 Å². The van der Waals surface area contributed by atoms with Crippen molar-refractivity contribution in [3.63, 3.8) is 0 Å². The molecule has 0 bridgehead atoms. The van der Waals surface area contributed by atoms with Gasteiger partial charge in [-0.2, -0.15) is 0 Å². The lowest BCUT2D eigenvalue weighted by molar-refractivity contribution is 0.731. The lowest BCUT2D eigenvalue weighted by atomic mass is 10.2. The Bertz CT molecular complexity index is 643. The van der Waals surface area contributed by atoms with Crippen LogP contribution in [-0.4, -0.2) is 12.7 Å². The van der Waals surface area contributed by atoms with E-state index in [2.05, 4.69) is 96.3 Å². The second-order valence-corrected chi connectivity index (χ2v) is 7.82. The van der Waals surface area contributed by atoms with Gasteiger partial charge in [-0.25, -0.2) is 0 Å². The van der Waals surface area contributed by atoms with Gasteiger partial charge < -0.3 is 5.32 Å². The van der Waals surface area contributed by atoms with Crippen LogP contribution in [0.3, 0.4) is 0 Å². The molecule has 1 nitrogen and oxygen atoms in total. The Labute approximate surface area is 140 Å². The molecule has 0 saturated carbocycles. The van der Waals surface area contributed by atoms with Crippen LogP contribution >= 0.6 is 7.92 Å². The van der Waals surface area contributed by atoms with Crippen molar-refractivity contribution in [3.8, 4) is 0 Å². The fourth-order valence-corrected chi connectivity index (χ4v) is 4.90. The Morgan fingerprint density at radius 1 is 0.609 bits per heavy atom. The monoisotopic (exact) mass is 319 g/mol. The highest BCUT2D eigenvalue weighted by Gasteiger charge is 2.12. The molecule has 0 aliphatic carbocycles. The lowest BCUT2D eigenvalue weighted by Crippen LogP contribution is -2.22. The molecule has 0 aliphatic heterocycles. The molecular weight excluding hydrogens is 297 g/mol. The number of rotatable bonds is 7. The first kappa shape index (κ1) is 15.9. The Morgan fingerprint density at radius 3 is 1.61 bits per heavy atom. The molecule has 0 amide bonds. The van der Waals surface area contributed by atoms with Crippen LogP contribution in [0.15, 0.2) is 91.0 Å². The molecule has 3 rings (SSSR count). The zero-order chi connectivity index (χ0) is 15.7. The van der Waals surface area contributed by atoms with Crippen LogP contribution in [0.25, 0.3) is 0 Å². The molecular formula is C21H22NP. The smallest absolute Gasteiger partial charge is 0.0205 e. The molecule has 0 spiro atoms. The summed E-state index contributed by atoms with van der Waals surface area (Å²) in [5, 5.41) is 6.50. The SMILES string of the molecule is c1ccc(CNCCP(c2ccccc2)c2ccccc2)cc1. The first-order valence-corrected chi connectivity index (χ1v) is 9.58.